The summed E-state index contributed by atoms with van der Waals surface area (Å²) < 4.78 is 9.11. The monoisotopic (exact) mass is 676 g/mol. The molecule has 0 bridgehead atoms. The Hall–Kier alpha value is -5.37. The fourth-order valence-corrected chi connectivity index (χ4v) is 6.57. The lowest BCUT2D eigenvalue weighted by Gasteiger charge is -2.31. The first-order chi connectivity index (χ1) is 23.7. The molecule has 14 heteroatoms. The topological polar surface area (TPSA) is 149 Å². The number of benzene rings is 2. The molecule has 4 aromatic heterocycles. The number of hydrogen-bond donors (Lipinski definition) is 1. The normalized spacial score (nSPS) is 13.7. The minimum absolute atomic E-state index is 0.0800. The Bertz CT molecular complexity index is 2150. The lowest BCUT2D eigenvalue weighted by Crippen LogP contribution is -2.39. The fraction of sp³-hybridized carbons (Fsp3) is 0.314. The number of thioether (sulfide) groups is 1. The third-order valence-electron chi connectivity index (χ3n) is 9.05. The Morgan fingerprint density at radius 2 is 1.82 bits per heavy atom. The third-order valence-corrected chi connectivity index (χ3v) is 9.59. The number of aromatic nitrogens is 8. The summed E-state index contributed by atoms with van der Waals surface area (Å²) in [6.45, 7) is 7.45. The molecule has 1 aliphatic heterocycles. The number of anilines is 1. The lowest BCUT2D eigenvalue weighted by molar-refractivity contribution is -0.131. The Labute approximate surface area is 287 Å². The Morgan fingerprint density at radius 1 is 1.02 bits per heavy atom. The van der Waals surface area contributed by atoms with Crippen LogP contribution in [0.15, 0.2) is 70.5 Å². The summed E-state index contributed by atoms with van der Waals surface area (Å²) >= 11 is 1.46. The quantitative estimate of drug-likeness (QED) is 0.201. The van der Waals surface area contributed by atoms with Crippen LogP contribution in [0, 0.1) is 20.8 Å². The van der Waals surface area contributed by atoms with Crippen LogP contribution in [0.2, 0.25) is 0 Å². The third kappa shape index (κ3) is 6.81. The number of para-hydroxylation sites is 1. The van der Waals surface area contributed by atoms with Crippen molar-refractivity contribution in [3.8, 4) is 11.3 Å². The van der Waals surface area contributed by atoms with E-state index in [0.29, 0.717) is 47.6 Å². The molecule has 250 valence electrons. The molecular weight excluding hydrogens is 641 g/mol. The zero-order valence-corrected chi connectivity index (χ0v) is 28.6. The van der Waals surface area contributed by atoms with Crippen LogP contribution in [0.1, 0.15) is 63.1 Å². The Kier molecular flexibility index (Phi) is 8.95. The molecule has 0 saturated carbocycles. The summed E-state index contributed by atoms with van der Waals surface area (Å²) in [4.78, 5) is 37.3. The van der Waals surface area contributed by atoms with Gasteiger partial charge < -0.3 is 14.7 Å². The van der Waals surface area contributed by atoms with Gasteiger partial charge in [0.15, 0.2) is 5.76 Å². The first kappa shape index (κ1) is 32.2. The highest BCUT2D eigenvalue weighted by atomic mass is 32.2. The van der Waals surface area contributed by atoms with Crippen LogP contribution >= 0.6 is 11.8 Å². The van der Waals surface area contributed by atoms with E-state index in [2.05, 4.69) is 35.9 Å². The molecule has 1 fully saturated rings. The Balaban J connectivity index is 0.953. The van der Waals surface area contributed by atoms with Crippen molar-refractivity contribution in [1.82, 2.24) is 44.6 Å². The van der Waals surface area contributed by atoms with Crippen molar-refractivity contribution in [1.29, 1.82) is 0 Å². The summed E-state index contributed by atoms with van der Waals surface area (Å²) in [6.07, 6.45) is 5.63. The zero-order chi connectivity index (χ0) is 34.1. The molecule has 2 amide bonds. The standard InChI is InChI=1S/C35H36N10O3S/c1-21-10-11-25(16-28(21)33(47)37-26-8-6-5-7-9-26)31-20-44(42-39-31)19-27-17-30(41-48-27)24-12-14-43(15-13-24)32(46)18-29-22(2)36-34-38-35(49-4)40-45(34)23(29)3/h5-11,16-17,20,24H,12-15,18-19H2,1-4H3,(H,37,47). The number of amides is 2. The van der Waals surface area contributed by atoms with Gasteiger partial charge in [0.05, 0.1) is 18.3 Å². The summed E-state index contributed by atoms with van der Waals surface area (Å²) in [5.74, 6) is 1.32. The van der Waals surface area contributed by atoms with Gasteiger partial charge in [0.1, 0.15) is 12.2 Å². The molecule has 0 aliphatic carbocycles. The second-order valence-corrected chi connectivity index (χ2v) is 13.0. The molecular formula is C35H36N10O3S. The zero-order valence-electron chi connectivity index (χ0n) is 27.8. The van der Waals surface area contributed by atoms with Gasteiger partial charge in [0.25, 0.3) is 11.7 Å². The van der Waals surface area contributed by atoms with Crippen LogP contribution in [-0.4, -0.2) is 75.8 Å². The lowest BCUT2D eigenvalue weighted by atomic mass is 9.93. The predicted molar refractivity (Wildman–Crippen MR) is 184 cm³/mol. The van der Waals surface area contributed by atoms with Gasteiger partial charge in [-0.05, 0) is 63.6 Å². The van der Waals surface area contributed by atoms with E-state index in [1.54, 1.807) is 9.20 Å². The number of aryl methyl sites for hydroxylation is 3. The molecule has 6 aromatic rings. The molecule has 7 rings (SSSR count). The highest BCUT2D eigenvalue weighted by Gasteiger charge is 2.27. The maximum Gasteiger partial charge on any atom is 0.255 e. The number of likely N-dealkylation sites (tertiary alicyclic amines) is 1. The van der Waals surface area contributed by atoms with E-state index in [9.17, 15) is 9.59 Å². The van der Waals surface area contributed by atoms with E-state index in [4.69, 9.17) is 4.52 Å². The van der Waals surface area contributed by atoms with Crippen molar-refractivity contribution in [3.05, 3.63) is 100 Å². The maximum absolute atomic E-state index is 13.3. The highest BCUT2D eigenvalue weighted by molar-refractivity contribution is 7.98. The van der Waals surface area contributed by atoms with Gasteiger partial charge >= 0.3 is 0 Å². The summed E-state index contributed by atoms with van der Waals surface area (Å²) in [6, 6.07) is 17.0. The first-order valence-electron chi connectivity index (χ1n) is 16.1. The number of nitrogens with zero attached hydrogens (tertiary/aromatic N) is 9. The van der Waals surface area contributed by atoms with Gasteiger partial charge in [-0.15, -0.1) is 10.2 Å². The Morgan fingerprint density at radius 3 is 2.59 bits per heavy atom. The van der Waals surface area contributed by atoms with Gasteiger partial charge in [-0.25, -0.2) is 14.2 Å². The summed E-state index contributed by atoms with van der Waals surface area (Å²) in [5, 5.41) is 21.1. The molecule has 0 atom stereocenters. The van der Waals surface area contributed by atoms with Crippen LogP contribution in [0.4, 0.5) is 5.69 Å². The van der Waals surface area contributed by atoms with Crippen molar-refractivity contribution in [2.75, 3.05) is 24.7 Å². The van der Waals surface area contributed by atoms with Crippen molar-refractivity contribution in [2.24, 2.45) is 0 Å². The van der Waals surface area contributed by atoms with E-state index in [1.807, 2.05) is 92.7 Å². The number of carbonyl (C=O) groups is 2. The van der Waals surface area contributed by atoms with E-state index in [0.717, 1.165) is 52.3 Å². The molecule has 5 heterocycles. The summed E-state index contributed by atoms with van der Waals surface area (Å²) in [7, 11) is 0. The molecule has 0 spiro atoms. The maximum atomic E-state index is 13.3. The number of carbonyl (C=O) groups excluding carboxylic acids is 2. The van der Waals surface area contributed by atoms with Crippen LogP contribution in [0.5, 0.6) is 0 Å². The van der Waals surface area contributed by atoms with Gasteiger partial charge in [-0.1, -0.05) is 52.5 Å². The number of hydrogen-bond acceptors (Lipinski definition) is 10. The molecule has 1 aliphatic rings. The molecule has 0 unspecified atom stereocenters. The van der Waals surface area contributed by atoms with E-state index in [-0.39, 0.29) is 24.2 Å². The smallest absolute Gasteiger partial charge is 0.255 e. The number of piperidine rings is 1. The predicted octanol–water partition coefficient (Wildman–Crippen LogP) is 5.27. The molecule has 1 N–H and O–H groups in total. The van der Waals surface area contributed by atoms with Crippen molar-refractivity contribution < 1.29 is 14.1 Å². The van der Waals surface area contributed by atoms with E-state index < -0.39 is 0 Å². The first-order valence-corrected chi connectivity index (χ1v) is 17.4. The number of rotatable bonds is 9. The molecule has 2 aromatic carbocycles. The second-order valence-electron chi connectivity index (χ2n) is 12.3. The average Bonchev–Trinajstić information content (AvgIpc) is 3.88. The fourth-order valence-electron chi connectivity index (χ4n) is 6.23. The van der Waals surface area contributed by atoms with Crippen molar-refractivity contribution in [2.45, 2.75) is 57.7 Å². The van der Waals surface area contributed by atoms with Crippen LogP contribution in [-0.2, 0) is 17.8 Å². The van der Waals surface area contributed by atoms with Crippen molar-refractivity contribution >= 4 is 35.0 Å². The largest absolute Gasteiger partial charge is 0.359 e. The van der Waals surface area contributed by atoms with E-state index in [1.165, 1.54) is 11.8 Å². The average molecular weight is 677 g/mol. The molecule has 1 saturated heterocycles. The molecule has 0 radical (unpaired) electrons. The number of fused-ring (bicyclic) bond motifs is 1. The second kappa shape index (κ2) is 13.6. The van der Waals surface area contributed by atoms with Gasteiger partial charge in [0, 0.05) is 58.8 Å². The van der Waals surface area contributed by atoms with Crippen molar-refractivity contribution in [3.63, 3.8) is 0 Å². The van der Waals surface area contributed by atoms with Gasteiger partial charge in [0.2, 0.25) is 11.1 Å². The molecule has 49 heavy (non-hydrogen) atoms. The minimum atomic E-state index is -0.181. The minimum Gasteiger partial charge on any atom is -0.359 e. The summed E-state index contributed by atoms with van der Waals surface area (Å²) in [5.41, 5.74) is 7.09. The van der Waals surface area contributed by atoms with Crippen LogP contribution < -0.4 is 5.32 Å². The molecule has 13 nitrogen and oxygen atoms in total. The SMILES string of the molecule is CSc1nc2nc(C)c(CC(=O)N3CCC(c4cc(Cn5cc(-c6ccc(C)c(C(=O)Nc7ccccc7)c6)nn5)on4)CC3)c(C)n2n1. The van der Waals surface area contributed by atoms with Gasteiger partial charge in [-0.3, -0.25) is 9.59 Å². The number of nitrogens with one attached hydrogen (secondary N) is 1. The van der Waals surface area contributed by atoms with Crippen LogP contribution in [0.3, 0.4) is 0 Å². The van der Waals surface area contributed by atoms with Crippen LogP contribution in [0.25, 0.3) is 17.0 Å². The highest BCUT2D eigenvalue weighted by Crippen LogP contribution is 2.29. The van der Waals surface area contributed by atoms with Gasteiger partial charge in [-0.2, -0.15) is 4.98 Å². The van der Waals surface area contributed by atoms with E-state index >= 15 is 0 Å².